The van der Waals surface area contributed by atoms with Crippen molar-refractivity contribution in [3.63, 3.8) is 0 Å². The van der Waals surface area contributed by atoms with E-state index in [1.54, 1.807) is 4.88 Å². The van der Waals surface area contributed by atoms with E-state index in [4.69, 9.17) is 0 Å². The minimum Gasteiger partial charge on any atom is -0.304 e. The van der Waals surface area contributed by atoms with Gasteiger partial charge in [-0.2, -0.15) is 5.10 Å². The molecular weight excluding hydrogens is 357 g/mol. The predicted octanol–water partition coefficient (Wildman–Crippen LogP) is 3.25. The molecule has 0 bridgehead atoms. The zero-order valence-corrected chi connectivity index (χ0v) is 13.3. The third-order valence-electron chi connectivity index (χ3n) is 3.38. The number of hydrogen-bond donors (Lipinski definition) is 1. The van der Waals surface area contributed by atoms with Gasteiger partial charge in [0.1, 0.15) is 0 Å². The quantitative estimate of drug-likeness (QED) is 0.838. The molecule has 0 saturated carbocycles. The number of fused-ring (bicyclic) bond motifs is 1. The van der Waals surface area contributed by atoms with Crippen molar-refractivity contribution in [2.45, 2.75) is 31.8 Å². The highest BCUT2D eigenvalue weighted by Crippen LogP contribution is 2.36. The summed E-state index contributed by atoms with van der Waals surface area (Å²) in [6, 6.07) is 4.93. The molecule has 0 radical (unpaired) electrons. The van der Waals surface area contributed by atoms with Crippen LogP contribution in [0.4, 0.5) is 0 Å². The summed E-state index contributed by atoms with van der Waals surface area (Å²) in [6.45, 7) is 0.859. The minimum atomic E-state index is 0.510. The van der Waals surface area contributed by atoms with Crippen LogP contribution in [0.15, 0.2) is 18.3 Å². The molecule has 5 heteroatoms. The Morgan fingerprint density at radius 2 is 2.50 bits per heavy atom. The van der Waals surface area contributed by atoms with Gasteiger partial charge in [0.2, 0.25) is 0 Å². The van der Waals surface area contributed by atoms with Crippen LogP contribution in [0.3, 0.4) is 0 Å². The lowest BCUT2D eigenvalue weighted by Crippen LogP contribution is -2.24. The van der Waals surface area contributed by atoms with Gasteiger partial charge in [-0.05, 0) is 59.5 Å². The first-order chi connectivity index (χ1) is 8.72. The van der Waals surface area contributed by atoms with E-state index in [0.29, 0.717) is 6.04 Å². The molecule has 1 aliphatic rings. The average molecular weight is 373 g/mol. The second kappa shape index (κ2) is 5.30. The maximum atomic E-state index is 4.41. The highest BCUT2D eigenvalue weighted by molar-refractivity contribution is 14.1. The van der Waals surface area contributed by atoms with Crippen molar-refractivity contribution in [2.75, 3.05) is 0 Å². The van der Waals surface area contributed by atoms with Crippen molar-refractivity contribution in [1.29, 1.82) is 0 Å². The zero-order chi connectivity index (χ0) is 12.5. The van der Waals surface area contributed by atoms with Gasteiger partial charge in [0.25, 0.3) is 0 Å². The van der Waals surface area contributed by atoms with E-state index in [9.17, 15) is 0 Å². The van der Waals surface area contributed by atoms with Crippen LogP contribution in [-0.4, -0.2) is 9.78 Å². The van der Waals surface area contributed by atoms with E-state index >= 15 is 0 Å². The van der Waals surface area contributed by atoms with Crippen LogP contribution in [0.1, 0.15) is 35.0 Å². The van der Waals surface area contributed by atoms with Gasteiger partial charge in [-0.3, -0.25) is 4.68 Å². The van der Waals surface area contributed by atoms with Gasteiger partial charge in [-0.1, -0.05) is 0 Å². The first-order valence-electron chi connectivity index (χ1n) is 6.22. The third kappa shape index (κ3) is 2.62. The molecule has 0 aromatic carbocycles. The Kier molecular flexibility index (Phi) is 3.72. The Balaban J connectivity index is 1.70. The molecule has 0 aliphatic heterocycles. The van der Waals surface area contributed by atoms with Gasteiger partial charge < -0.3 is 5.32 Å². The van der Waals surface area contributed by atoms with E-state index in [-0.39, 0.29) is 0 Å². The topological polar surface area (TPSA) is 29.9 Å². The molecule has 0 spiro atoms. The molecule has 0 amide bonds. The summed E-state index contributed by atoms with van der Waals surface area (Å²) in [5.74, 6) is 0. The molecule has 3 nitrogen and oxygen atoms in total. The Labute approximate surface area is 125 Å². The molecule has 1 aliphatic carbocycles. The molecule has 0 saturated heterocycles. The second-order valence-corrected chi connectivity index (χ2v) is 7.77. The van der Waals surface area contributed by atoms with Gasteiger partial charge in [-0.25, -0.2) is 0 Å². The van der Waals surface area contributed by atoms with Crippen molar-refractivity contribution < 1.29 is 0 Å². The Hall–Kier alpha value is -0.400. The van der Waals surface area contributed by atoms with Crippen LogP contribution in [0.2, 0.25) is 0 Å². The number of halogens is 1. The third-order valence-corrected chi connectivity index (χ3v) is 5.35. The van der Waals surface area contributed by atoms with Crippen LogP contribution in [0.5, 0.6) is 0 Å². The molecule has 2 aromatic rings. The van der Waals surface area contributed by atoms with Crippen LogP contribution in [-0.2, 0) is 20.0 Å². The van der Waals surface area contributed by atoms with Gasteiger partial charge >= 0.3 is 0 Å². The average Bonchev–Trinajstić information content (AvgIpc) is 2.91. The number of hydrogen-bond acceptors (Lipinski definition) is 3. The molecular formula is C13H16IN3S. The van der Waals surface area contributed by atoms with E-state index < -0.39 is 0 Å². The SMILES string of the molecule is Cn1ccc(CNC2CCCc3sc(I)cc32)n1. The molecule has 1 unspecified atom stereocenters. The van der Waals surface area contributed by atoms with Gasteiger partial charge in [0, 0.05) is 30.7 Å². The molecule has 2 aromatic heterocycles. The van der Waals surface area contributed by atoms with E-state index in [0.717, 1.165) is 12.2 Å². The maximum absolute atomic E-state index is 4.41. The highest BCUT2D eigenvalue weighted by Gasteiger charge is 2.22. The summed E-state index contributed by atoms with van der Waals surface area (Å²) in [6.07, 6.45) is 5.79. The zero-order valence-electron chi connectivity index (χ0n) is 10.3. The molecule has 1 N–H and O–H groups in total. The number of aromatic nitrogens is 2. The summed E-state index contributed by atoms with van der Waals surface area (Å²) in [7, 11) is 1.96. The highest BCUT2D eigenvalue weighted by atomic mass is 127. The fourth-order valence-electron chi connectivity index (χ4n) is 2.52. The lowest BCUT2D eigenvalue weighted by molar-refractivity contribution is 0.458. The summed E-state index contributed by atoms with van der Waals surface area (Å²) >= 11 is 4.38. The monoisotopic (exact) mass is 373 g/mol. The normalized spacial score (nSPS) is 18.9. The lowest BCUT2D eigenvalue weighted by atomic mass is 9.94. The summed E-state index contributed by atoms with van der Waals surface area (Å²) in [5.41, 5.74) is 2.64. The number of rotatable bonds is 3. The fourth-order valence-corrected chi connectivity index (χ4v) is 4.64. The van der Waals surface area contributed by atoms with Crippen molar-refractivity contribution in [2.24, 2.45) is 7.05 Å². The Bertz CT molecular complexity index is 546. The van der Waals surface area contributed by atoms with E-state index in [1.165, 1.54) is 27.7 Å². The van der Waals surface area contributed by atoms with Crippen LogP contribution in [0.25, 0.3) is 0 Å². The molecule has 3 rings (SSSR count). The Morgan fingerprint density at radius 1 is 1.61 bits per heavy atom. The first-order valence-corrected chi connectivity index (χ1v) is 8.12. The smallest absolute Gasteiger partial charge is 0.0762 e. The molecule has 96 valence electrons. The van der Waals surface area contributed by atoms with E-state index in [1.807, 2.05) is 29.3 Å². The number of thiophene rings is 1. The van der Waals surface area contributed by atoms with Crippen molar-refractivity contribution in [3.8, 4) is 0 Å². The molecule has 0 fully saturated rings. The molecule has 18 heavy (non-hydrogen) atoms. The van der Waals surface area contributed by atoms with Crippen molar-refractivity contribution >= 4 is 33.9 Å². The number of nitrogens with zero attached hydrogens (tertiary/aromatic N) is 2. The Morgan fingerprint density at radius 3 is 3.28 bits per heavy atom. The summed E-state index contributed by atoms with van der Waals surface area (Å²) < 4.78 is 3.26. The second-order valence-electron chi connectivity index (χ2n) is 4.74. The number of aryl methyl sites for hydroxylation is 2. The number of nitrogens with one attached hydrogen (secondary N) is 1. The predicted molar refractivity (Wildman–Crippen MR) is 82.8 cm³/mol. The standard InChI is InChI=1S/C13H16IN3S/c1-17-6-5-9(16-17)8-15-11-3-2-4-12-10(11)7-13(14)18-12/h5-7,11,15H,2-4,8H2,1H3. The maximum Gasteiger partial charge on any atom is 0.0762 e. The van der Waals surface area contributed by atoms with Crippen molar-refractivity contribution in [3.05, 3.63) is 37.3 Å². The fraction of sp³-hybridized carbons (Fsp3) is 0.462. The van der Waals surface area contributed by atoms with Crippen LogP contribution < -0.4 is 5.32 Å². The largest absolute Gasteiger partial charge is 0.304 e. The van der Waals surface area contributed by atoms with E-state index in [2.05, 4.69) is 45.1 Å². The minimum absolute atomic E-state index is 0.510. The van der Waals surface area contributed by atoms with Crippen LogP contribution >= 0.6 is 33.9 Å². The molecule has 2 heterocycles. The first kappa shape index (κ1) is 12.6. The lowest BCUT2D eigenvalue weighted by Gasteiger charge is -2.23. The van der Waals surface area contributed by atoms with Gasteiger partial charge in [0.05, 0.1) is 8.58 Å². The van der Waals surface area contributed by atoms with Crippen molar-refractivity contribution in [1.82, 2.24) is 15.1 Å². The van der Waals surface area contributed by atoms with Gasteiger partial charge in [-0.15, -0.1) is 11.3 Å². The van der Waals surface area contributed by atoms with Gasteiger partial charge in [0.15, 0.2) is 0 Å². The molecule has 1 atom stereocenters. The summed E-state index contributed by atoms with van der Waals surface area (Å²) in [5, 5.41) is 8.06. The van der Waals surface area contributed by atoms with Crippen LogP contribution in [0, 0.1) is 2.88 Å². The summed E-state index contributed by atoms with van der Waals surface area (Å²) in [4.78, 5) is 1.57.